The smallest absolute Gasteiger partial charge is 0.331 e. The van der Waals surface area contributed by atoms with E-state index in [0.29, 0.717) is 6.54 Å². The van der Waals surface area contributed by atoms with E-state index < -0.39 is 29.8 Å². The zero-order valence-corrected chi connectivity index (χ0v) is 14.9. The largest absolute Gasteiger partial charge is 0.466 e. The Morgan fingerprint density at radius 2 is 1.37 bits per heavy atom. The molecule has 1 aliphatic heterocycles. The van der Waals surface area contributed by atoms with Crippen molar-refractivity contribution in [3.63, 3.8) is 0 Å². The van der Waals surface area contributed by atoms with Crippen molar-refractivity contribution in [3.05, 3.63) is 36.7 Å². The van der Waals surface area contributed by atoms with Crippen molar-refractivity contribution < 1.29 is 38.1 Å². The van der Waals surface area contributed by atoms with E-state index in [9.17, 15) is 19.2 Å². The normalized spacial score (nSPS) is 13.1. The van der Waals surface area contributed by atoms with E-state index in [2.05, 4.69) is 20.4 Å². The number of rotatable bonds is 10. The Hall–Kier alpha value is -3.34. The Morgan fingerprint density at radius 1 is 0.889 bits per heavy atom. The average molecular weight is 383 g/mol. The molecule has 2 N–H and O–H groups in total. The molecule has 0 aromatic heterocycles. The first-order chi connectivity index (χ1) is 12.9. The van der Waals surface area contributed by atoms with Gasteiger partial charge in [0.25, 0.3) is 0 Å². The lowest BCUT2D eigenvalue weighted by atomic mass is 10.2. The van der Waals surface area contributed by atoms with Crippen LogP contribution in [0.2, 0.25) is 0 Å². The minimum absolute atomic E-state index is 0.0790. The second kappa shape index (κ2) is 12.1. The molecule has 0 atom stereocenters. The molecule has 1 aliphatic rings. The van der Waals surface area contributed by atoms with Gasteiger partial charge in [-0.2, -0.15) is 0 Å². The van der Waals surface area contributed by atoms with Crippen LogP contribution in [-0.2, 0) is 38.1 Å². The van der Waals surface area contributed by atoms with Crippen LogP contribution in [0.25, 0.3) is 0 Å². The van der Waals surface area contributed by atoms with Gasteiger partial charge in [-0.15, -0.1) is 5.53 Å². The molecule has 0 unspecified atom stereocenters. The van der Waals surface area contributed by atoms with Gasteiger partial charge in [0.05, 0.1) is 27.4 Å². The number of nitrogens with zero attached hydrogens (tertiary/aromatic N) is 1. The average Bonchev–Trinajstić information content (AvgIpc) is 3.18. The van der Waals surface area contributed by atoms with E-state index in [4.69, 9.17) is 9.47 Å². The number of carbonyl (C=O) groups is 4. The number of hydrazine groups is 2. The second-order valence-electron chi connectivity index (χ2n) is 5.06. The topological polar surface area (TPSA) is 132 Å². The molecule has 11 nitrogen and oxygen atoms in total. The molecule has 0 radical (unpaired) electrons. The summed E-state index contributed by atoms with van der Waals surface area (Å²) in [5.41, 5.74) is 5.54. The fraction of sp³-hybridized carbons (Fsp3) is 0.375. The van der Waals surface area contributed by atoms with Gasteiger partial charge in [-0.1, -0.05) is 0 Å². The Balaban J connectivity index is 2.52. The maximum Gasteiger partial charge on any atom is 0.331 e. The van der Waals surface area contributed by atoms with E-state index in [1.807, 2.05) is 0 Å². The maximum absolute atomic E-state index is 11.6. The van der Waals surface area contributed by atoms with Crippen LogP contribution in [0.15, 0.2) is 36.7 Å². The second-order valence-corrected chi connectivity index (χ2v) is 5.06. The third kappa shape index (κ3) is 9.65. The Morgan fingerprint density at radius 3 is 1.78 bits per heavy atom. The van der Waals surface area contributed by atoms with Crippen molar-refractivity contribution in [1.82, 2.24) is 16.0 Å². The molecule has 0 aromatic rings. The highest BCUT2D eigenvalue weighted by molar-refractivity contribution is 5.92. The van der Waals surface area contributed by atoms with E-state index in [1.54, 1.807) is 17.4 Å². The number of hydrogen-bond acceptors (Lipinski definition) is 11. The molecule has 0 amide bonds. The molecule has 0 aliphatic carbocycles. The number of carbonyl (C=O) groups excluding carboxylic acids is 4. The highest BCUT2D eigenvalue weighted by atomic mass is 16.5. The summed E-state index contributed by atoms with van der Waals surface area (Å²) < 4.78 is 18.8. The number of methoxy groups -OCH3 is 2. The molecule has 0 spiro atoms. The van der Waals surface area contributed by atoms with Gasteiger partial charge < -0.3 is 24.4 Å². The van der Waals surface area contributed by atoms with Crippen LogP contribution in [0.3, 0.4) is 0 Å². The lowest BCUT2D eigenvalue weighted by Crippen LogP contribution is -2.40. The minimum atomic E-state index is -0.745. The van der Waals surface area contributed by atoms with Crippen molar-refractivity contribution in [2.45, 2.75) is 0 Å². The molecule has 0 saturated heterocycles. The summed E-state index contributed by atoms with van der Waals surface area (Å²) in [4.78, 5) is 45.1. The van der Waals surface area contributed by atoms with Gasteiger partial charge in [0, 0.05) is 49.2 Å². The quantitative estimate of drug-likeness (QED) is 0.272. The molecule has 0 bridgehead atoms. The third-order valence-electron chi connectivity index (χ3n) is 3.04. The van der Waals surface area contributed by atoms with E-state index in [1.165, 1.54) is 14.2 Å². The first-order valence-electron chi connectivity index (χ1n) is 7.74. The van der Waals surface area contributed by atoms with E-state index in [-0.39, 0.29) is 13.2 Å². The molecular formula is C16H21N3O8. The lowest BCUT2D eigenvalue weighted by Gasteiger charge is -2.22. The highest BCUT2D eigenvalue weighted by Gasteiger charge is 2.18. The van der Waals surface area contributed by atoms with Crippen LogP contribution in [0.1, 0.15) is 0 Å². The van der Waals surface area contributed by atoms with Crippen LogP contribution < -0.4 is 11.0 Å². The zero-order valence-electron chi connectivity index (χ0n) is 14.9. The van der Waals surface area contributed by atoms with E-state index >= 15 is 0 Å². The van der Waals surface area contributed by atoms with Gasteiger partial charge in [0.2, 0.25) is 0 Å². The molecule has 0 fully saturated rings. The molecule has 1 heterocycles. The van der Waals surface area contributed by atoms with Crippen molar-refractivity contribution >= 4 is 23.9 Å². The first-order valence-corrected chi connectivity index (χ1v) is 7.74. The van der Waals surface area contributed by atoms with Crippen LogP contribution >= 0.6 is 0 Å². The summed E-state index contributed by atoms with van der Waals surface area (Å²) in [6.07, 6.45) is 7.08. The van der Waals surface area contributed by atoms with Crippen LogP contribution in [0.5, 0.6) is 0 Å². The summed E-state index contributed by atoms with van der Waals surface area (Å²) >= 11 is 0. The third-order valence-corrected chi connectivity index (χ3v) is 3.04. The Kier molecular flexibility index (Phi) is 9.71. The monoisotopic (exact) mass is 383 g/mol. The Bertz CT molecular complexity index is 587. The van der Waals surface area contributed by atoms with Gasteiger partial charge in [-0.05, 0) is 0 Å². The number of esters is 4. The number of hydrogen-bond donors (Lipinski definition) is 2. The van der Waals surface area contributed by atoms with Crippen molar-refractivity contribution in [1.29, 1.82) is 0 Å². The van der Waals surface area contributed by atoms with Gasteiger partial charge in [0.1, 0.15) is 0 Å². The van der Waals surface area contributed by atoms with Gasteiger partial charge in [0.15, 0.2) is 0 Å². The fourth-order valence-corrected chi connectivity index (χ4v) is 1.73. The predicted molar refractivity (Wildman–Crippen MR) is 89.8 cm³/mol. The molecular weight excluding hydrogens is 362 g/mol. The fourth-order valence-electron chi connectivity index (χ4n) is 1.73. The maximum atomic E-state index is 11.6. The van der Waals surface area contributed by atoms with Crippen LogP contribution in [0.4, 0.5) is 0 Å². The highest BCUT2D eigenvalue weighted by Crippen LogP contribution is 2.05. The van der Waals surface area contributed by atoms with Crippen LogP contribution in [-0.4, -0.2) is 62.9 Å². The predicted octanol–water partition coefficient (Wildman–Crippen LogP) is -1.06. The van der Waals surface area contributed by atoms with Crippen molar-refractivity contribution in [2.24, 2.45) is 5.92 Å². The SMILES string of the molecule is COC(=O)/C=C/C(=O)OCC(COC(=O)/C=C/C(=O)OC)CN1C=CNN1. The first kappa shape index (κ1) is 21.7. The Labute approximate surface area is 155 Å². The van der Waals surface area contributed by atoms with Crippen LogP contribution in [0, 0.1) is 5.92 Å². The summed E-state index contributed by atoms with van der Waals surface area (Å²) in [5, 5.41) is 1.65. The molecule has 148 valence electrons. The standard InChI is InChI=1S/C16H21N3O8/c1-24-13(20)3-5-15(22)26-10-12(9-19-8-7-17-18-19)11-27-16(23)6-4-14(21)25-2/h3-8,12,17-18H,9-11H2,1-2H3/b5-3+,6-4+. The minimum Gasteiger partial charge on any atom is -0.466 e. The number of nitrogens with one attached hydrogen (secondary N) is 2. The van der Waals surface area contributed by atoms with Gasteiger partial charge >= 0.3 is 23.9 Å². The lowest BCUT2D eigenvalue weighted by molar-refractivity contribution is -0.144. The van der Waals surface area contributed by atoms with Gasteiger partial charge in [-0.3, -0.25) is 5.01 Å². The molecule has 11 heteroatoms. The summed E-state index contributed by atoms with van der Waals surface area (Å²) in [5.74, 6) is -3.26. The molecule has 0 aromatic carbocycles. The molecule has 0 saturated carbocycles. The van der Waals surface area contributed by atoms with Crippen molar-refractivity contribution in [3.8, 4) is 0 Å². The van der Waals surface area contributed by atoms with E-state index in [0.717, 1.165) is 24.3 Å². The zero-order chi connectivity index (χ0) is 20.1. The van der Waals surface area contributed by atoms with Crippen molar-refractivity contribution in [2.75, 3.05) is 34.0 Å². The summed E-state index contributed by atoms with van der Waals surface area (Å²) in [6, 6.07) is 0. The molecule has 1 rings (SSSR count). The summed E-state index contributed by atoms with van der Waals surface area (Å²) in [6.45, 7) is 0.181. The summed E-state index contributed by atoms with van der Waals surface area (Å²) in [7, 11) is 2.36. The molecule has 27 heavy (non-hydrogen) atoms. The number of ether oxygens (including phenoxy) is 4. The van der Waals surface area contributed by atoms with Gasteiger partial charge in [-0.25, -0.2) is 19.2 Å².